The van der Waals surface area contributed by atoms with Gasteiger partial charge in [-0.05, 0) is 18.6 Å². The zero-order chi connectivity index (χ0) is 9.42. The van der Waals surface area contributed by atoms with Gasteiger partial charge in [-0.25, -0.2) is 4.99 Å². The number of para-hydroxylation sites is 1. The second-order valence-electron chi connectivity index (χ2n) is 3.01. The van der Waals surface area contributed by atoms with Crippen LogP contribution in [0.5, 0.6) is 0 Å². The number of amides is 1. The van der Waals surface area contributed by atoms with Gasteiger partial charge in [-0.15, -0.1) is 0 Å². The van der Waals surface area contributed by atoms with E-state index < -0.39 is 0 Å². The summed E-state index contributed by atoms with van der Waals surface area (Å²) in [4.78, 5) is 15.1. The Kier molecular flexibility index (Phi) is 2.04. The van der Waals surface area contributed by atoms with Gasteiger partial charge in [0.1, 0.15) is 4.83 Å². The fourth-order valence-electron chi connectivity index (χ4n) is 1.40. The topological polar surface area (TPSA) is 29.4 Å². The molecule has 0 spiro atoms. The second-order valence-corrected chi connectivity index (χ2v) is 3.93. The van der Waals surface area contributed by atoms with Gasteiger partial charge in [0.05, 0.1) is 5.36 Å². The molecule has 0 aromatic heterocycles. The molecule has 1 heterocycles. The van der Waals surface area contributed by atoms with E-state index in [9.17, 15) is 4.79 Å². The van der Waals surface area contributed by atoms with Crippen LogP contribution in [0, 0.1) is 0 Å². The first kappa shape index (κ1) is 8.63. The van der Waals surface area contributed by atoms with E-state index >= 15 is 0 Å². The highest BCUT2D eigenvalue weighted by Crippen LogP contribution is 2.14. The van der Waals surface area contributed by atoms with Gasteiger partial charge < -0.3 is 0 Å². The van der Waals surface area contributed by atoms with E-state index in [4.69, 9.17) is 0 Å². The van der Waals surface area contributed by atoms with Gasteiger partial charge in [0.25, 0.3) is 5.91 Å². The van der Waals surface area contributed by atoms with E-state index in [2.05, 4.69) is 20.9 Å². The minimum atomic E-state index is -0.248. The first-order valence-corrected chi connectivity index (χ1v) is 4.94. The molecule has 0 bridgehead atoms. The molecule has 0 radical (unpaired) electrons. The Bertz CT molecular complexity index is 478. The minimum Gasteiger partial charge on any atom is -0.271 e. The standard InChI is InChI=1S/C10H8BrNO/c1-6-7-4-2-3-5-8(7)12-10(13)9(6)11/h2-5,9H,1H3/t9-/m0/s1. The summed E-state index contributed by atoms with van der Waals surface area (Å²) >= 11 is 3.31. The SMILES string of the molecule is CC1=c2ccccc2=NC(=O)[C@H]1Br. The number of alkyl halides is 1. The normalized spacial score (nSPS) is 20.9. The first-order valence-electron chi connectivity index (χ1n) is 4.02. The molecule has 0 saturated heterocycles. The lowest BCUT2D eigenvalue weighted by Crippen LogP contribution is -2.36. The number of carbonyl (C=O) groups excluding carboxylic acids is 1. The third kappa shape index (κ3) is 1.33. The summed E-state index contributed by atoms with van der Waals surface area (Å²) in [6.45, 7) is 1.95. The molecule has 1 amide bonds. The number of rotatable bonds is 0. The van der Waals surface area contributed by atoms with Gasteiger partial charge in [-0.1, -0.05) is 34.1 Å². The quantitative estimate of drug-likeness (QED) is 0.614. The van der Waals surface area contributed by atoms with E-state index in [0.29, 0.717) is 0 Å². The fourth-order valence-corrected chi connectivity index (χ4v) is 1.75. The zero-order valence-corrected chi connectivity index (χ0v) is 8.71. The molecule has 66 valence electrons. The van der Waals surface area contributed by atoms with Crippen molar-refractivity contribution in [2.45, 2.75) is 11.8 Å². The first-order chi connectivity index (χ1) is 6.20. The largest absolute Gasteiger partial charge is 0.271 e. The molecule has 1 aliphatic rings. The van der Waals surface area contributed by atoms with Crippen LogP contribution in [0.25, 0.3) is 5.57 Å². The summed E-state index contributed by atoms with van der Waals surface area (Å²) in [5.41, 5.74) is 1.04. The highest BCUT2D eigenvalue weighted by molar-refractivity contribution is 9.10. The van der Waals surface area contributed by atoms with Crippen molar-refractivity contribution in [2.75, 3.05) is 0 Å². The third-order valence-electron chi connectivity index (χ3n) is 2.16. The van der Waals surface area contributed by atoms with Gasteiger partial charge in [-0.3, -0.25) is 4.79 Å². The van der Waals surface area contributed by atoms with Gasteiger partial charge >= 0.3 is 0 Å². The van der Waals surface area contributed by atoms with Crippen molar-refractivity contribution in [3.05, 3.63) is 34.8 Å². The Labute approximate surface area is 84.1 Å². The maximum atomic E-state index is 11.3. The number of fused-ring (bicyclic) bond motifs is 1. The summed E-state index contributed by atoms with van der Waals surface area (Å²) in [7, 11) is 0. The predicted molar refractivity (Wildman–Crippen MR) is 54.0 cm³/mol. The van der Waals surface area contributed by atoms with Crippen LogP contribution in [-0.2, 0) is 4.79 Å². The smallest absolute Gasteiger partial charge is 0.264 e. The van der Waals surface area contributed by atoms with E-state index in [-0.39, 0.29) is 10.7 Å². The van der Waals surface area contributed by atoms with E-state index in [1.165, 1.54) is 0 Å². The van der Waals surface area contributed by atoms with Crippen LogP contribution in [0.1, 0.15) is 6.92 Å². The van der Waals surface area contributed by atoms with Gasteiger partial charge in [0.2, 0.25) is 0 Å². The van der Waals surface area contributed by atoms with E-state index in [0.717, 1.165) is 16.1 Å². The minimum absolute atomic E-state index is 0.115. The summed E-state index contributed by atoms with van der Waals surface area (Å²) in [5.74, 6) is -0.115. The highest BCUT2D eigenvalue weighted by Gasteiger charge is 2.19. The Morgan fingerprint density at radius 2 is 2.08 bits per heavy atom. The molecule has 0 aliphatic carbocycles. The van der Waals surface area contributed by atoms with Crippen LogP contribution in [0.3, 0.4) is 0 Å². The molecule has 13 heavy (non-hydrogen) atoms. The molecular weight excluding hydrogens is 230 g/mol. The summed E-state index contributed by atoms with van der Waals surface area (Å²) in [6.07, 6.45) is 0. The lowest BCUT2D eigenvalue weighted by molar-refractivity contribution is -0.116. The summed E-state index contributed by atoms with van der Waals surface area (Å²) < 4.78 is 0. The second kappa shape index (κ2) is 3.07. The van der Waals surface area contributed by atoms with Gasteiger partial charge in [0, 0.05) is 5.22 Å². The molecule has 0 unspecified atom stereocenters. The van der Waals surface area contributed by atoms with Gasteiger partial charge in [0.15, 0.2) is 0 Å². The third-order valence-corrected chi connectivity index (χ3v) is 3.23. The Hall–Kier alpha value is -0.960. The fraction of sp³-hybridized carbons (Fsp3) is 0.200. The van der Waals surface area contributed by atoms with E-state index in [1.54, 1.807) is 0 Å². The lowest BCUT2D eigenvalue weighted by Gasteiger charge is -2.10. The van der Waals surface area contributed by atoms with Crippen LogP contribution < -0.4 is 10.6 Å². The molecule has 0 N–H and O–H groups in total. The molecule has 3 heteroatoms. The number of nitrogens with zero attached hydrogens (tertiary/aromatic N) is 1. The van der Waals surface area contributed by atoms with Crippen molar-refractivity contribution in [3.63, 3.8) is 0 Å². The predicted octanol–water partition coefficient (Wildman–Crippen LogP) is 0.780. The van der Waals surface area contributed by atoms with Crippen molar-refractivity contribution >= 4 is 27.4 Å². The maximum absolute atomic E-state index is 11.3. The summed E-state index contributed by atoms with van der Waals surface area (Å²) in [6, 6.07) is 7.68. The molecule has 2 rings (SSSR count). The number of benzene rings is 1. The van der Waals surface area contributed by atoms with Crippen LogP contribution in [0.2, 0.25) is 0 Å². The van der Waals surface area contributed by atoms with Crippen LogP contribution in [0.15, 0.2) is 29.3 Å². The van der Waals surface area contributed by atoms with Gasteiger partial charge in [-0.2, -0.15) is 0 Å². The van der Waals surface area contributed by atoms with Crippen molar-refractivity contribution in [1.29, 1.82) is 0 Å². The molecule has 0 saturated carbocycles. The highest BCUT2D eigenvalue weighted by atomic mass is 79.9. The van der Waals surface area contributed by atoms with Crippen molar-refractivity contribution in [1.82, 2.24) is 0 Å². The lowest BCUT2D eigenvalue weighted by atomic mass is 10.1. The average molecular weight is 238 g/mol. The van der Waals surface area contributed by atoms with Crippen molar-refractivity contribution in [3.8, 4) is 0 Å². The van der Waals surface area contributed by atoms with Crippen molar-refractivity contribution < 1.29 is 4.79 Å². The molecule has 0 fully saturated rings. The van der Waals surface area contributed by atoms with E-state index in [1.807, 2.05) is 31.2 Å². The summed E-state index contributed by atoms with van der Waals surface area (Å²) in [5, 5.41) is 1.84. The monoisotopic (exact) mass is 237 g/mol. The maximum Gasteiger partial charge on any atom is 0.264 e. The van der Waals surface area contributed by atoms with Crippen molar-refractivity contribution in [2.24, 2.45) is 4.99 Å². The molecule has 1 aromatic carbocycles. The molecule has 2 nitrogen and oxygen atoms in total. The number of carbonyl (C=O) groups is 1. The Balaban J connectivity index is 2.89. The molecule has 1 atom stereocenters. The average Bonchev–Trinajstić information content (AvgIpc) is 2.15. The Morgan fingerprint density at radius 1 is 1.38 bits per heavy atom. The molecule has 1 aromatic rings. The Morgan fingerprint density at radius 3 is 2.85 bits per heavy atom. The molecule has 1 aliphatic heterocycles. The zero-order valence-electron chi connectivity index (χ0n) is 7.12. The molecular formula is C10H8BrNO. The number of hydrogen-bond acceptors (Lipinski definition) is 1. The van der Waals surface area contributed by atoms with Crippen LogP contribution >= 0.6 is 15.9 Å². The number of hydrogen-bond donors (Lipinski definition) is 0. The van der Waals surface area contributed by atoms with Crippen LogP contribution in [-0.4, -0.2) is 10.7 Å². The van der Waals surface area contributed by atoms with Crippen LogP contribution in [0.4, 0.5) is 0 Å². The number of halogens is 1.